The minimum absolute atomic E-state index is 0.0206. The van der Waals surface area contributed by atoms with Crippen molar-refractivity contribution in [2.45, 2.75) is 20.4 Å². The van der Waals surface area contributed by atoms with Crippen LogP contribution in [-0.2, 0) is 6.54 Å². The van der Waals surface area contributed by atoms with Gasteiger partial charge in [0.05, 0.1) is 5.69 Å². The summed E-state index contributed by atoms with van der Waals surface area (Å²) < 4.78 is 1.57. The van der Waals surface area contributed by atoms with Gasteiger partial charge >= 0.3 is 0 Å². The van der Waals surface area contributed by atoms with Crippen molar-refractivity contribution in [1.29, 1.82) is 0 Å². The summed E-state index contributed by atoms with van der Waals surface area (Å²) in [6, 6.07) is 1.60. The smallest absolute Gasteiger partial charge is 0.258 e. The van der Waals surface area contributed by atoms with Crippen molar-refractivity contribution in [1.82, 2.24) is 14.3 Å². The number of thiazole rings is 1. The van der Waals surface area contributed by atoms with Crippen LogP contribution in [0.2, 0.25) is 0 Å². The zero-order valence-electron chi connectivity index (χ0n) is 11.6. The first-order chi connectivity index (χ1) is 8.91. The monoisotopic (exact) mass is 280 g/mol. The molecule has 0 aromatic carbocycles. The quantitative estimate of drug-likeness (QED) is 0.893. The zero-order valence-corrected chi connectivity index (χ0v) is 12.4. The van der Waals surface area contributed by atoms with Crippen molar-refractivity contribution in [3.05, 3.63) is 33.7 Å². The Kier molecular flexibility index (Phi) is 4.03. The number of hydrogen-bond donors (Lipinski definition) is 1. The third-order valence-electron chi connectivity index (χ3n) is 3.04. The molecule has 19 heavy (non-hydrogen) atoms. The summed E-state index contributed by atoms with van der Waals surface area (Å²) in [6.45, 7) is 6.43. The number of fused-ring (bicyclic) bond motifs is 1. The maximum Gasteiger partial charge on any atom is 0.258 e. The van der Waals surface area contributed by atoms with Crippen LogP contribution in [0.5, 0.6) is 0 Å². The lowest BCUT2D eigenvalue weighted by atomic mass is 9.93. The molecule has 0 aliphatic carbocycles. The largest absolute Gasteiger partial charge is 0.330 e. The number of nitrogens with two attached hydrogens (primary N) is 1. The van der Waals surface area contributed by atoms with E-state index in [1.165, 1.54) is 11.3 Å². The van der Waals surface area contributed by atoms with Crippen LogP contribution in [0.3, 0.4) is 0 Å². The molecule has 2 rings (SSSR count). The molecule has 0 aliphatic heterocycles. The van der Waals surface area contributed by atoms with Crippen LogP contribution in [-0.4, -0.2) is 34.4 Å². The van der Waals surface area contributed by atoms with Gasteiger partial charge in [-0.15, -0.1) is 11.3 Å². The minimum atomic E-state index is -0.0206. The first-order valence-electron chi connectivity index (χ1n) is 6.26. The van der Waals surface area contributed by atoms with Gasteiger partial charge in [0.2, 0.25) is 0 Å². The van der Waals surface area contributed by atoms with Gasteiger partial charge in [-0.25, -0.2) is 4.98 Å². The van der Waals surface area contributed by atoms with E-state index in [1.54, 1.807) is 16.7 Å². The molecule has 104 valence electrons. The van der Waals surface area contributed by atoms with E-state index in [4.69, 9.17) is 5.73 Å². The summed E-state index contributed by atoms with van der Waals surface area (Å²) in [4.78, 5) is 19.3. The van der Waals surface area contributed by atoms with Gasteiger partial charge in [-0.3, -0.25) is 14.1 Å². The summed E-state index contributed by atoms with van der Waals surface area (Å²) in [6.07, 6.45) is 1.75. The highest BCUT2D eigenvalue weighted by Crippen LogP contribution is 2.15. The van der Waals surface area contributed by atoms with Crippen LogP contribution in [0.15, 0.2) is 22.4 Å². The van der Waals surface area contributed by atoms with Crippen molar-refractivity contribution in [3.8, 4) is 0 Å². The van der Waals surface area contributed by atoms with Crippen LogP contribution in [0.1, 0.15) is 19.5 Å². The Morgan fingerprint density at radius 2 is 2.26 bits per heavy atom. The van der Waals surface area contributed by atoms with Crippen molar-refractivity contribution >= 4 is 16.3 Å². The highest BCUT2D eigenvalue weighted by atomic mass is 32.1. The molecule has 2 aromatic rings. The predicted octanol–water partition coefficient (Wildman–Crippen LogP) is 1.17. The van der Waals surface area contributed by atoms with Gasteiger partial charge in [0, 0.05) is 30.7 Å². The Labute approximate surface area is 116 Å². The number of rotatable bonds is 5. The summed E-state index contributed by atoms with van der Waals surface area (Å²) >= 11 is 1.47. The minimum Gasteiger partial charge on any atom is -0.330 e. The Morgan fingerprint density at radius 3 is 2.95 bits per heavy atom. The van der Waals surface area contributed by atoms with E-state index < -0.39 is 0 Å². The number of hydrogen-bond acceptors (Lipinski definition) is 5. The molecule has 2 aromatic heterocycles. The predicted molar refractivity (Wildman–Crippen MR) is 78.5 cm³/mol. The van der Waals surface area contributed by atoms with E-state index in [-0.39, 0.29) is 11.0 Å². The maximum absolute atomic E-state index is 11.9. The molecule has 0 saturated carbocycles. The summed E-state index contributed by atoms with van der Waals surface area (Å²) in [5.41, 5.74) is 6.59. The molecule has 0 fully saturated rings. The number of nitrogens with zero attached hydrogens (tertiary/aromatic N) is 3. The fraction of sp³-hybridized carbons (Fsp3) is 0.538. The van der Waals surface area contributed by atoms with Gasteiger partial charge in [0.1, 0.15) is 0 Å². The second-order valence-corrected chi connectivity index (χ2v) is 6.55. The van der Waals surface area contributed by atoms with E-state index in [2.05, 4.69) is 23.7 Å². The summed E-state index contributed by atoms with van der Waals surface area (Å²) in [5, 5.41) is 1.87. The SMILES string of the molecule is CN(Cc1cc(=O)n2ccsc2n1)CC(C)(C)CN. The van der Waals surface area contributed by atoms with Crippen LogP contribution >= 0.6 is 11.3 Å². The van der Waals surface area contributed by atoms with Gasteiger partial charge in [0.15, 0.2) is 4.96 Å². The van der Waals surface area contributed by atoms with Gasteiger partial charge in [0.25, 0.3) is 5.56 Å². The lowest BCUT2D eigenvalue weighted by molar-refractivity contribution is 0.208. The Morgan fingerprint density at radius 1 is 1.53 bits per heavy atom. The van der Waals surface area contributed by atoms with Crippen molar-refractivity contribution in [2.75, 3.05) is 20.1 Å². The fourth-order valence-corrected chi connectivity index (χ4v) is 2.84. The summed E-state index contributed by atoms with van der Waals surface area (Å²) in [5.74, 6) is 0. The van der Waals surface area contributed by atoms with Crippen LogP contribution in [0.25, 0.3) is 4.96 Å². The molecule has 0 saturated heterocycles. The highest BCUT2D eigenvalue weighted by Gasteiger charge is 2.18. The zero-order chi connectivity index (χ0) is 14.0. The Balaban J connectivity index is 2.15. The second kappa shape index (κ2) is 5.40. The molecule has 2 N–H and O–H groups in total. The van der Waals surface area contributed by atoms with E-state index in [0.717, 1.165) is 17.2 Å². The van der Waals surface area contributed by atoms with Crippen molar-refractivity contribution in [3.63, 3.8) is 0 Å². The van der Waals surface area contributed by atoms with Gasteiger partial charge in [-0.05, 0) is 19.0 Å². The van der Waals surface area contributed by atoms with Crippen LogP contribution in [0.4, 0.5) is 0 Å². The molecule has 0 amide bonds. The summed E-state index contributed by atoms with van der Waals surface area (Å²) in [7, 11) is 2.02. The number of aromatic nitrogens is 2. The molecule has 0 spiro atoms. The molecule has 0 bridgehead atoms. The molecule has 6 heteroatoms. The Hall–Kier alpha value is -1.24. The molecular weight excluding hydrogens is 260 g/mol. The van der Waals surface area contributed by atoms with E-state index in [9.17, 15) is 4.79 Å². The topological polar surface area (TPSA) is 63.6 Å². The van der Waals surface area contributed by atoms with E-state index in [0.29, 0.717) is 13.1 Å². The van der Waals surface area contributed by atoms with Crippen molar-refractivity contribution in [2.24, 2.45) is 11.1 Å². The maximum atomic E-state index is 11.9. The molecule has 0 unspecified atom stereocenters. The average molecular weight is 280 g/mol. The van der Waals surface area contributed by atoms with Gasteiger partial charge in [-0.2, -0.15) is 0 Å². The third kappa shape index (κ3) is 3.40. The molecule has 2 heterocycles. The molecule has 5 nitrogen and oxygen atoms in total. The average Bonchev–Trinajstić information content (AvgIpc) is 2.76. The van der Waals surface area contributed by atoms with E-state index >= 15 is 0 Å². The first-order valence-corrected chi connectivity index (χ1v) is 7.14. The lowest BCUT2D eigenvalue weighted by Gasteiger charge is -2.28. The fourth-order valence-electron chi connectivity index (χ4n) is 2.10. The van der Waals surface area contributed by atoms with Gasteiger partial charge < -0.3 is 5.73 Å². The highest BCUT2D eigenvalue weighted by molar-refractivity contribution is 7.15. The van der Waals surface area contributed by atoms with Crippen molar-refractivity contribution < 1.29 is 0 Å². The molecule has 0 atom stereocenters. The van der Waals surface area contributed by atoms with Gasteiger partial charge in [-0.1, -0.05) is 13.8 Å². The third-order valence-corrected chi connectivity index (χ3v) is 3.80. The lowest BCUT2D eigenvalue weighted by Crippen LogP contribution is -2.36. The second-order valence-electron chi connectivity index (χ2n) is 5.68. The van der Waals surface area contributed by atoms with Crippen LogP contribution < -0.4 is 11.3 Å². The van der Waals surface area contributed by atoms with E-state index in [1.807, 2.05) is 12.4 Å². The Bertz CT molecular complexity index is 616. The molecule has 0 radical (unpaired) electrons. The van der Waals surface area contributed by atoms with Crippen LogP contribution in [0, 0.1) is 5.41 Å². The molecule has 0 aliphatic rings. The first kappa shape index (κ1) is 14.2. The molecular formula is C13H20N4OS. The standard InChI is InChI=1S/C13H20N4OS/c1-13(2,8-14)9-16(3)7-10-6-11(18)17-4-5-19-12(17)15-10/h4-6H,7-9,14H2,1-3H3. The normalized spacial score (nSPS) is 12.5.